The molecule has 94 valence electrons. The monoisotopic (exact) mass is 241 g/mol. The van der Waals surface area contributed by atoms with Crippen LogP contribution in [0.5, 0.6) is 0 Å². The number of nitrogens with zero attached hydrogens (tertiary/aromatic N) is 1. The van der Waals surface area contributed by atoms with Gasteiger partial charge in [-0.3, -0.25) is 0 Å². The van der Waals surface area contributed by atoms with Crippen molar-refractivity contribution in [2.45, 2.75) is 45.2 Å². The highest BCUT2D eigenvalue weighted by molar-refractivity contribution is 5.86. The van der Waals surface area contributed by atoms with E-state index < -0.39 is 0 Å². The number of benzene rings is 1. The molecule has 1 unspecified atom stereocenters. The molecule has 0 bridgehead atoms. The molecular weight excluding hydrogens is 220 g/mol. The van der Waals surface area contributed by atoms with E-state index in [1.54, 1.807) is 16.6 Å². The molecule has 0 amide bonds. The van der Waals surface area contributed by atoms with Gasteiger partial charge in [-0.05, 0) is 42.5 Å². The maximum atomic E-state index is 2.61. The number of rotatable bonds is 1. The molecule has 18 heavy (non-hydrogen) atoms. The molecule has 0 fully saturated rings. The van der Waals surface area contributed by atoms with Crippen molar-refractivity contribution >= 4 is 10.9 Å². The Balaban J connectivity index is 2.05. The normalized spacial score (nSPS) is 22.2. The van der Waals surface area contributed by atoms with Crippen LogP contribution >= 0.6 is 0 Å². The van der Waals surface area contributed by atoms with Gasteiger partial charge in [0, 0.05) is 17.3 Å². The Morgan fingerprint density at radius 2 is 2.33 bits per heavy atom. The molecule has 4 rings (SSSR count). The smallest absolute Gasteiger partial charge is 0.127 e. The van der Waals surface area contributed by atoms with Crippen LogP contribution in [-0.2, 0) is 19.4 Å². The van der Waals surface area contributed by atoms with Crippen LogP contribution in [0.4, 0.5) is 0 Å². The lowest BCUT2D eigenvalue weighted by molar-refractivity contribution is -0.704. The Morgan fingerprint density at radius 3 is 3.22 bits per heavy atom. The van der Waals surface area contributed by atoms with E-state index in [4.69, 9.17) is 0 Å². The molecule has 2 nitrogen and oxygen atoms in total. The first-order chi connectivity index (χ1) is 8.88. The number of aryl methyl sites for hydroxylation is 2. The zero-order valence-corrected chi connectivity index (χ0v) is 11.1. The average molecular weight is 241 g/mol. The van der Waals surface area contributed by atoms with E-state index in [0.29, 0.717) is 0 Å². The van der Waals surface area contributed by atoms with Gasteiger partial charge in [-0.25, -0.2) is 0 Å². The average Bonchev–Trinajstić information content (AvgIpc) is 2.76. The molecule has 2 aliphatic rings. The summed E-state index contributed by atoms with van der Waals surface area (Å²) in [5.74, 6) is 0. The number of hydrogen-bond donors (Lipinski definition) is 1. The van der Waals surface area contributed by atoms with Gasteiger partial charge in [0.1, 0.15) is 6.04 Å². The van der Waals surface area contributed by atoms with Crippen LogP contribution in [0.1, 0.15) is 42.6 Å². The van der Waals surface area contributed by atoms with Gasteiger partial charge in [0.2, 0.25) is 0 Å². The van der Waals surface area contributed by atoms with Crippen molar-refractivity contribution in [3.63, 3.8) is 0 Å². The first kappa shape index (κ1) is 10.6. The summed E-state index contributed by atoms with van der Waals surface area (Å²) >= 11 is 0. The number of quaternary nitrogens is 1. The van der Waals surface area contributed by atoms with Crippen LogP contribution in [0.15, 0.2) is 18.2 Å². The fraction of sp³-hybridized carbons (Fsp3) is 0.500. The van der Waals surface area contributed by atoms with E-state index in [1.807, 2.05) is 0 Å². The summed E-state index contributed by atoms with van der Waals surface area (Å²) in [7, 11) is 0. The van der Waals surface area contributed by atoms with E-state index in [1.165, 1.54) is 43.4 Å². The Kier molecular flexibility index (Phi) is 2.28. The summed E-state index contributed by atoms with van der Waals surface area (Å²) in [6, 6.07) is 7.85. The third-order valence-electron chi connectivity index (χ3n) is 4.78. The van der Waals surface area contributed by atoms with Gasteiger partial charge in [-0.15, -0.1) is 0 Å². The molecule has 1 aliphatic heterocycles. The summed E-state index contributed by atoms with van der Waals surface area (Å²) in [6.07, 6.45) is 5.16. The minimum Gasteiger partial charge on any atom is -0.337 e. The lowest BCUT2D eigenvalue weighted by Gasteiger charge is -2.27. The Bertz CT molecular complexity index is 607. The highest BCUT2D eigenvalue weighted by Gasteiger charge is 2.32. The second kappa shape index (κ2) is 3.86. The van der Waals surface area contributed by atoms with E-state index in [0.717, 1.165) is 12.5 Å². The molecule has 1 aromatic carbocycles. The molecule has 0 saturated heterocycles. The molecule has 2 heterocycles. The lowest BCUT2D eigenvalue weighted by atomic mass is 9.90. The van der Waals surface area contributed by atoms with Gasteiger partial charge < -0.3 is 9.88 Å². The van der Waals surface area contributed by atoms with E-state index >= 15 is 0 Å². The van der Waals surface area contributed by atoms with E-state index in [2.05, 4.69) is 35.0 Å². The molecule has 0 saturated carbocycles. The van der Waals surface area contributed by atoms with Crippen LogP contribution in [-0.4, -0.2) is 11.1 Å². The molecule has 1 aliphatic carbocycles. The second-order valence-corrected chi connectivity index (χ2v) is 5.74. The number of hydrogen-bond acceptors (Lipinski definition) is 0. The summed E-state index contributed by atoms with van der Waals surface area (Å²) in [6.45, 7) is 4.68. The Morgan fingerprint density at radius 1 is 1.39 bits per heavy atom. The van der Waals surface area contributed by atoms with Crippen LogP contribution in [0, 0.1) is 0 Å². The molecule has 2 heteroatoms. The zero-order chi connectivity index (χ0) is 12.1. The maximum absolute atomic E-state index is 2.61. The summed E-state index contributed by atoms with van der Waals surface area (Å²) in [5, 5.41) is 4.10. The van der Waals surface area contributed by atoms with Gasteiger partial charge in [-0.2, -0.15) is 0 Å². The SMILES string of the molecule is CCc1ccc2c(c1)c1c3n2CC[NH2+]C3CCC1. The number of fused-ring (bicyclic) bond motifs is 3. The maximum Gasteiger partial charge on any atom is 0.127 e. The van der Waals surface area contributed by atoms with Crippen LogP contribution < -0.4 is 5.32 Å². The predicted molar refractivity (Wildman–Crippen MR) is 73.8 cm³/mol. The Hall–Kier alpha value is -1.28. The molecule has 2 aromatic rings. The molecule has 1 atom stereocenters. The molecule has 0 spiro atoms. The topological polar surface area (TPSA) is 21.5 Å². The first-order valence-corrected chi connectivity index (χ1v) is 7.35. The van der Waals surface area contributed by atoms with Crippen LogP contribution in [0.2, 0.25) is 0 Å². The zero-order valence-electron chi connectivity index (χ0n) is 11.1. The van der Waals surface area contributed by atoms with Crippen molar-refractivity contribution in [3.8, 4) is 0 Å². The largest absolute Gasteiger partial charge is 0.337 e. The molecule has 0 radical (unpaired) electrons. The van der Waals surface area contributed by atoms with E-state index in [9.17, 15) is 0 Å². The summed E-state index contributed by atoms with van der Waals surface area (Å²) < 4.78 is 2.61. The van der Waals surface area contributed by atoms with Crippen molar-refractivity contribution in [2.24, 2.45) is 0 Å². The van der Waals surface area contributed by atoms with Crippen molar-refractivity contribution in [2.75, 3.05) is 6.54 Å². The van der Waals surface area contributed by atoms with Crippen molar-refractivity contribution in [1.29, 1.82) is 0 Å². The minimum atomic E-state index is 0.736. The number of nitrogens with two attached hydrogens (primary N) is 1. The summed E-state index contributed by atoms with van der Waals surface area (Å²) in [4.78, 5) is 0. The third-order valence-corrected chi connectivity index (χ3v) is 4.78. The Labute approximate surface area is 108 Å². The van der Waals surface area contributed by atoms with Gasteiger partial charge >= 0.3 is 0 Å². The number of aromatic nitrogens is 1. The standard InChI is InChI=1S/C16H20N2/c1-2-11-6-7-15-13(10-11)12-4-3-5-14-16(12)18(15)9-8-17-14/h6-7,10,14,17H,2-5,8-9H2,1H3/p+1. The van der Waals surface area contributed by atoms with Crippen LogP contribution in [0.25, 0.3) is 10.9 Å². The minimum absolute atomic E-state index is 0.736. The molecule has 2 N–H and O–H groups in total. The highest BCUT2D eigenvalue weighted by atomic mass is 15.1. The second-order valence-electron chi connectivity index (χ2n) is 5.74. The van der Waals surface area contributed by atoms with Crippen molar-refractivity contribution in [3.05, 3.63) is 35.0 Å². The van der Waals surface area contributed by atoms with Gasteiger partial charge in [0.15, 0.2) is 0 Å². The predicted octanol–water partition coefficient (Wildman–Crippen LogP) is 2.16. The quantitative estimate of drug-likeness (QED) is 0.790. The van der Waals surface area contributed by atoms with Gasteiger partial charge in [0.05, 0.1) is 18.8 Å². The third kappa shape index (κ3) is 1.33. The van der Waals surface area contributed by atoms with Gasteiger partial charge in [-0.1, -0.05) is 13.0 Å². The highest BCUT2D eigenvalue weighted by Crippen LogP contribution is 2.37. The molecular formula is C16H21N2+. The fourth-order valence-electron chi connectivity index (χ4n) is 3.91. The van der Waals surface area contributed by atoms with Crippen molar-refractivity contribution in [1.82, 2.24) is 4.57 Å². The van der Waals surface area contributed by atoms with Crippen molar-refractivity contribution < 1.29 is 5.32 Å². The summed E-state index contributed by atoms with van der Waals surface area (Å²) in [5.41, 5.74) is 6.27. The van der Waals surface area contributed by atoms with Crippen LogP contribution in [0.3, 0.4) is 0 Å². The lowest BCUT2D eigenvalue weighted by Crippen LogP contribution is -2.88. The van der Waals surface area contributed by atoms with E-state index in [-0.39, 0.29) is 0 Å². The fourth-order valence-corrected chi connectivity index (χ4v) is 3.91. The first-order valence-electron chi connectivity index (χ1n) is 7.35. The molecule has 1 aromatic heterocycles. The van der Waals surface area contributed by atoms with Gasteiger partial charge in [0.25, 0.3) is 0 Å².